The van der Waals surface area contributed by atoms with Crippen molar-refractivity contribution in [3.63, 3.8) is 0 Å². The van der Waals surface area contributed by atoms with Gasteiger partial charge in [0.2, 0.25) is 0 Å². The number of halogens is 1. The Morgan fingerprint density at radius 3 is 3.13 bits per heavy atom. The van der Waals surface area contributed by atoms with Crippen LogP contribution in [0.2, 0.25) is 0 Å². The molecule has 3 nitrogen and oxygen atoms in total. The first kappa shape index (κ1) is 10.8. The van der Waals surface area contributed by atoms with Gasteiger partial charge < -0.3 is 4.74 Å². The Morgan fingerprint density at radius 2 is 2.47 bits per heavy atom. The molecule has 2 heterocycles. The molecule has 82 valence electrons. The smallest absolute Gasteiger partial charge is 0.128 e. The third kappa shape index (κ3) is 2.67. The summed E-state index contributed by atoms with van der Waals surface area (Å²) in [6.07, 6.45) is 3.88. The number of ether oxygens (including phenoxy) is 1. The minimum absolute atomic E-state index is 0.461. The number of hydrogen-bond donors (Lipinski definition) is 0. The molecule has 1 aliphatic rings. The normalized spacial score (nSPS) is 20.8. The molecule has 15 heavy (non-hydrogen) atoms. The average molecular weight is 227 g/mol. The van der Waals surface area contributed by atoms with Gasteiger partial charge >= 0.3 is 0 Å². The standard InChI is InChI=1S/C11H15ClN2O/c1-8-6-13-11(14-10(8)5-12)4-9-2-3-15-7-9/h6,9H,2-5,7H2,1H3. The lowest BCUT2D eigenvalue weighted by Crippen LogP contribution is -2.08. The first-order chi connectivity index (χ1) is 7.29. The molecule has 1 saturated heterocycles. The van der Waals surface area contributed by atoms with Gasteiger partial charge in [-0.1, -0.05) is 0 Å². The summed E-state index contributed by atoms with van der Waals surface area (Å²) < 4.78 is 5.33. The quantitative estimate of drug-likeness (QED) is 0.741. The predicted octanol–water partition coefficient (Wildman–Crippen LogP) is 2.10. The van der Waals surface area contributed by atoms with Gasteiger partial charge in [-0.2, -0.15) is 0 Å². The molecule has 1 atom stereocenters. The molecule has 0 saturated carbocycles. The molecule has 0 N–H and O–H groups in total. The van der Waals surface area contributed by atoms with Gasteiger partial charge in [0.1, 0.15) is 5.82 Å². The number of alkyl halides is 1. The molecule has 1 unspecified atom stereocenters. The van der Waals surface area contributed by atoms with Crippen LogP contribution in [-0.4, -0.2) is 23.2 Å². The van der Waals surface area contributed by atoms with E-state index in [1.54, 1.807) is 0 Å². The lowest BCUT2D eigenvalue weighted by Gasteiger charge is -2.08. The second kappa shape index (κ2) is 4.90. The molecule has 0 aliphatic carbocycles. The first-order valence-electron chi connectivity index (χ1n) is 5.24. The van der Waals surface area contributed by atoms with Crippen molar-refractivity contribution in [3.05, 3.63) is 23.3 Å². The molecule has 2 rings (SSSR count). The highest BCUT2D eigenvalue weighted by Gasteiger charge is 2.17. The number of nitrogens with zero attached hydrogens (tertiary/aromatic N) is 2. The summed E-state index contributed by atoms with van der Waals surface area (Å²) >= 11 is 5.81. The lowest BCUT2D eigenvalue weighted by atomic mass is 10.0. The first-order valence-corrected chi connectivity index (χ1v) is 5.78. The molecule has 1 aromatic rings. The van der Waals surface area contributed by atoms with Crippen LogP contribution >= 0.6 is 11.6 Å². The van der Waals surface area contributed by atoms with E-state index < -0.39 is 0 Å². The predicted molar refractivity (Wildman–Crippen MR) is 59.0 cm³/mol. The van der Waals surface area contributed by atoms with E-state index in [2.05, 4.69) is 9.97 Å². The van der Waals surface area contributed by atoms with Gasteiger partial charge in [0.05, 0.1) is 11.6 Å². The fourth-order valence-corrected chi connectivity index (χ4v) is 2.03. The number of aryl methyl sites for hydroxylation is 1. The molecule has 0 amide bonds. The summed E-state index contributed by atoms with van der Waals surface area (Å²) in [5.41, 5.74) is 2.01. The molecular weight excluding hydrogens is 212 g/mol. The summed E-state index contributed by atoms with van der Waals surface area (Å²) in [6.45, 7) is 3.70. The molecule has 0 bridgehead atoms. The van der Waals surface area contributed by atoms with E-state index in [1.165, 1.54) is 0 Å². The van der Waals surface area contributed by atoms with Crippen molar-refractivity contribution in [3.8, 4) is 0 Å². The zero-order valence-corrected chi connectivity index (χ0v) is 9.63. The Hall–Kier alpha value is -0.670. The molecule has 4 heteroatoms. The molecule has 1 aromatic heterocycles. The number of aromatic nitrogens is 2. The van der Waals surface area contributed by atoms with Crippen LogP contribution < -0.4 is 0 Å². The van der Waals surface area contributed by atoms with Gasteiger partial charge in [0.15, 0.2) is 0 Å². The Kier molecular flexibility index (Phi) is 3.54. The Bertz CT molecular complexity index is 337. The van der Waals surface area contributed by atoms with E-state index in [0.717, 1.165) is 43.1 Å². The van der Waals surface area contributed by atoms with Crippen LogP contribution in [0, 0.1) is 12.8 Å². The van der Waals surface area contributed by atoms with E-state index in [4.69, 9.17) is 16.3 Å². The van der Waals surface area contributed by atoms with Crippen molar-refractivity contribution in [2.24, 2.45) is 5.92 Å². The largest absolute Gasteiger partial charge is 0.381 e. The second-order valence-electron chi connectivity index (χ2n) is 3.98. The minimum Gasteiger partial charge on any atom is -0.381 e. The summed E-state index contributed by atoms with van der Waals surface area (Å²) in [5.74, 6) is 1.94. The molecule has 1 fully saturated rings. The van der Waals surface area contributed by atoms with E-state index in [-0.39, 0.29) is 0 Å². The summed E-state index contributed by atoms with van der Waals surface area (Å²) in [7, 11) is 0. The summed E-state index contributed by atoms with van der Waals surface area (Å²) in [6, 6.07) is 0. The maximum atomic E-state index is 5.81. The van der Waals surface area contributed by atoms with E-state index in [9.17, 15) is 0 Å². The maximum Gasteiger partial charge on any atom is 0.128 e. The average Bonchev–Trinajstić information content (AvgIpc) is 2.73. The summed E-state index contributed by atoms with van der Waals surface area (Å²) in [5, 5.41) is 0. The van der Waals surface area contributed by atoms with Crippen molar-refractivity contribution in [1.29, 1.82) is 0 Å². The third-order valence-electron chi connectivity index (χ3n) is 2.75. The maximum absolute atomic E-state index is 5.81. The fourth-order valence-electron chi connectivity index (χ4n) is 1.75. The van der Waals surface area contributed by atoms with Crippen LogP contribution in [-0.2, 0) is 17.0 Å². The monoisotopic (exact) mass is 226 g/mol. The van der Waals surface area contributed by atoms with Gasteiger partial charge in [-0.3, -0.25) is 0 Å². The van der Waals surface area contributed by atoms with Gasteiger partial charge in [-0.15, -0.1) is 11.6 Å². The number of rotatable bonds is 3. The highest BCUT2D eigenvalue weighted by Crippen LogP contribution is 2.17. The van der Waals surface area contributed by atoms with Gasteiger partial charge in [-0.25, -0.2) is 9.97 Å². The van der Waals surface area contributed by atoms with Crippen LogP contribution in [0.1, 0.15) is 23.5 Å². The van der Waals surface area contributed by atoms with E-state index in [1.807, 2.05) is 13.1 Å². The van der Waals surface area contributed by atoms with E-state index >= 15 is 0 Å². The Balaban J connectivity index is 2.07. The fraction of sp³-hybridized carbons (Fsp3) is 0.636. The zero-order valence-electron chi connectivity index (χ0n) is 8.87. The van der Waals surface area contributed by atoms with Gasteiger partial charge in [0.25, 0.3) is 0 Å². The molecular formula is C11H15ClN2O. The van der Waals surface area contributed by atoms with Crippen molar-refractivity contribution >= 4 is 11.6 Å². The van der Waals surface area contributed by atoms with Crippen molar-refractivity contribution in [2.75, 3.05) is 13.2 Å². The third-order valence-corrected chi connectivity index (χ3v) is 3.00. The molecule has 1 aliphatic heterocycles. The minimum atomic E-state index is 0.461. The van der Waals surface area contributed by atoms with Crippen molar-refractivity contribution < 1.29 is 4.74 Å². The van der Waals surface area contributed by atoms with Crippen molar-refractivity contribution in [2.45, 2.75) is 25.6 Å². The zero-order chi connectivity index (χ0) is 10.7. The van der Waals surface area contributed by atoms with Crippen LogP contribution in [0.5, 0.6) is 0 Å². The van der Waals surface area contributed by atoms with Crippen LogP contribution in [0.4, 0.5) is 0 Å². The van der Waals surface area contributed by atoms with Crippen LogP contribution in [0.15, 0.2) is 6.20 Å². The van der Waals surface area contributed by atoms with E-state index in [0.29, 0.717) is 11.8 Å². The molecule has 0 radical (unpaired) electrons. The van der Waals surface area contributed by atoms with Crippen LogP contribution in [0.3, 0.4) is 0 Å². The SMILES string of the molecule is Cc1cnc(CC2CCOC2)nc1CCl. The number of hydrogen-bond acceptors (Lipinski definition) is 3. The Morgan fingerprint density at radius 1 is 1.60 bits per heavy atom. The van der Waals surface area contributed by atoms with Crippen LogP contribution in [0.25, 0.3) is 0 Å². The molecule has 0 aromatic carbocycles. The lowest BCUT2D eigenvalue weighted by molar-refractivity contribution is 0.185. The highest BCUT2D eigenvalue weighted by atomic mass is 35.5. The second-order valence-corrected chi connectivity index (χ2v) is 4.25. The van der Waals surface area contributed by atoms with Gasteiger partial charge in [0, 0.05) is 25.8 Å². The Labute approximate surface area is 94.8 Å². The molecule has 0 spiro atoms. The highest BCUT2D eigenvalue weighted by molar-refractivity contribution is 6.16. The van der Waals surface area contributed by atoms with Crippen molar-refractivity contribution in [1.82, 2.24) is 9.97 Å². The summed E-state index contributed by atoms with van der Waals surface area (Å²) in [4.78, 5) is 8.78. The van der Waals surface area contributed by atoms with Gasteiger partial charge in [-0.05, 0) is 24.8 Å². The topological polar surface area (TPSA) is 35.0 Å².